The van der Waals surface area contributed by atoms with Crippen molar-refractivity contribution < 1.29 is 14.4 Å². The summed E-state index contributed by atoms with van der Waals surface area (Å²) in [4.78, 5) is 39.2. The van der Waals surface area contributed by atoms with E-state index in [4.69, 9.17) is 0 Å². The molecule has 1 N–H and O–H groups in total. The van der Waals surface area contributed by atoms with Crippen LogP contribution in [0.25, 0.3) is 0 Å². The van der Waals surface area contributed by atoms with Crippen LogP contribution in [-0.2, 0) is 11.3 Å². The molecule has 2 saturated heterocycles. The Morgan fingerprint density at radius 3 is 2.92 bits per heavy atom. The molecule has 0 bridgehead atoms. The molecule has 3 amide bonds. The van der Waals surface area contributed by atoms with E-state index in [1.807, 2.05) is 24.1 Å². The second-order valence-electron chi connectivity index (χ2n) is 6.20. The van der Waals surface area contributed by atoms with Gasteiger partial charge in [-0.05, 0) is 43.6 Å². The highest BCUT2D eigenvalue weighted by molar-refractivity contribution is 8.14. The van der Waals surface area contributed by atoms with Gasteiger partial charge >= 0.3 is 0 Å². The minimum absolute atomic E-state index is 0.0175. The van der Waals surface area contributed by atoms with Gasteiger partial charge in [0, 0.05) is 18.7 Å². The van der Waals surface area contributed by atoms with Crippen LogP contribution in [0, 0.1) is 5.92 Å². The van der Waals surface area contributed by atoms with Crippen LogP contribution in [0.2, 0.25) is 0 Å². The Bertz CT molecular complexity index is 648. The summed E-state index contributed by atoms with van der Waals surface area (Å²) < 4.78 is 0. The largest absolute Gasteiger partial charge is 0.338 e. The normalized spacial score (nSPS) is 21.0. The van der Waals surface area contributed by atoms with Crippen molar-refractivity contribution in [3.05, 3.63) is 35.4 Å². The molecule has 1 atom stereocenters. The van der Waals surface area contributed by atoms with Crippen LogP contribution in [0.5, 0.6) is 0 Å². The van der Waals surface area contributed by atoms with Crippen molar-refractivity contribution in [3.63, 3.8) is 0 Å². The summed E-state index contributed by atoms with van der Waals surface area (Å²) >= 11 is 1.02. The number of carbonyl (C=O) groups is 3. The van der Waals surface area contributed by atoms with E-state index < -0.39 is 0 Å². The van der Waals surface area contributed by atoms with Crippen molar-refractivity contribution in [2.75, 3.05) is 32.4 Å². The minimum atomic E-state index is -0.217. The molecule has 2 fully saturated rings. The van der Waals surface area contributed by atoms with Crippen LogP contribution >= 0.6 is 11.8 Å². The molecule has 3 rings (SSSR count). The Morgan fingerprint density at radius 1 is 1.38 bits per heavy atom. The third-order valence-corrected chi connectivity index (χ3v) is 5.28. The molecule has 1 unspecified atom stereocenters. The number of likely N-dealkylation sites (tertiary alicyclic amines) is 1. The van der Waals surface area contributed by atoms with Crippen molar-refractivity contribution in [3.8, 4) is 0 Å². The fourth-order valence-electron chi connectivity index (χ4n) is 3.17. The van der Waals surface area contributed by atoms with E-state index in [9.17, 15) is 14.4 Å². The Kier molecular flexibility index (Phi) is 5.20. The van der Waals surface area contributed by atoms with E-state index >= 15 is 0 Å². The number of amides is 3. The highest BCUT2D eigenvalue weighted by atomic mass is 32.2. The monoisotopic (exact) mass is 347 g/mol. The van der Waals surface area contributed by atoms with Gasteiger partial charge in [0.15, 0.2) is 0 Å². The van der Waals surface area contributed by atoms with Crippen molar-refractivity contribution >= 4 is 28.8 Å². The molecule has 2 aliphatic heterocycles. The lowest BCUT2D eigenvalue weighted by Gasteiger charge is -2.18. The third kappa shape index (κ3) is 3.62. The predicted molar refractivity (Wildman–Crippen MR) is 92.8 cm³/mol. The molecule has 1 aromatic carbocycles. The van der Waals surface area contributed by atoms with E-state index in [0.29, 0.717) is 11.5 Å². The Hall–Kier alpha value is -1.86. The summed E-state index contributed by atoms with van der Waals surface area (Å²) in [6, 6.07) is 7.23. The summed E-state index contributed by atoms with van der Waals surface area (Å²) in [5.74, 6) is 0.553. The quantitative estimate of drug-likeness (QED) is 0.875. The zero-order valence-corrected chi connectivity index (χ0v) is 14.5. The summed E-state index contributed by atoms with van der Waals surface area (Å²) in [7, 11) is 1.92. The maximum atomic E-state index is 12.7. The van der Waals surface area contributed by atoms with E-state index in [0.717, 1.165) is 43.4 Å². The molecular weight excluding hydrogens is 326 g/mol. The maximum Gasteiger partial charge on any atom is 0.289 e. The first kappa shape index (κ1) is 17.0. The molecular formula is C17H21N3O3S. The zero-order valence-electron chi connectivity index (χ0n) is 13.7. The fraction of sp³-hybridized carbons (Fsp3) is 0.471. The molecule has 128 valence electrons. The number of hydrogen-bond donors (Lipinski definition) is 1. The molecule has 0 aliphatic carbocycles. The number of thioether (sulfide) groups is 1. The van der Waals surface area contributed by atoms with Crippen LogP contribution in [0.3, 0.4) is 0 Å². The van der Waals surface area contributed by atoms with Crippen molar-refractivity contribution in [1.29, 1.82) is 0 Å². The highest BCUT2D eigenvalue weighted by Crippen LogP contribution is 2.23. The van der Waals surface area contributed by atoms with Gasteiger partial charge in [0.05, 0.1) is 12.3 Å². The molecule has 2 aliphatic rings. The Labute approximate surface area is 145 Å². The number of benzene rings is 1. The first-order valence-electron chi connectivity index (χ1n) is 8.08. The topological polar surface area (TPSA) is 69.7 Å². The van der Waals surface area contributed by atoms with Gasteiger partial charge in [-0.1, -0.05) is 23.9 Å². The molecule has 0 spiro atoms. The Balaban J connectivity index is 1.68. The van der Waals surface area contributed by atoms with Crippen LogP contribution in [0.1, 0.15) is 22.3 Å². The number of imide groups is 1. The molecule has 7 heteroatoms. The van der Waals surface area contributed by atoms with Gasteiger partial charge in [-0.25, -0.2) is 0 Å². The molecule has 0 aromatic heterocycles. The second kappa shape index (κ2) is 7.36. The summed E-state index contributed by atoms with van der Waals surface area (Å²) in [6.07, 6.45) is 1.01. The first-order chi connectivity index (χ1) is 11.6. The number of rotatable bonds is 5. The number of hydrogen-bond acceptors (Lipinski definition) is 5. The van der Waals surface area contributed by atoms with Gasteiger partial charge in [0.2, 0.25) is 5.91 Å². The van der Waals surface area contributed by atoms with Gasteiger partial charge < -0.3 is 10.2 Å². The predicted octanol–water partition coefficient (Wildman–Crippen LogP) is 1.56. The lowest BCUT2D eigenvalue weighted by Crippen LogP contribution is -2.31. The van der Waals surface area contributed by atoms with E-state index in [-0.39, 0.29) is 29.4 Å². The molecule has 24 heavy (non-hydrogen) atoms. The van der Waals surface area contributed by atoms with Gasteiger partial charge in [-0.3, -0.25) is 19.3 Å². The standard InChI is InChI=1S/C17H21N3O3S/c1-18-8-13-5-6-19(9-13)16(22)14-4-2-3-12(7-14)10-20-15(21)11-24-17(20)23/h2-4,7,13,18H,5-6,8-11H2,1H3. The van der Waals surface area contributed by atoms with Gasteiger partial charge in [0.1, 0.15) is 0 Å². The molecule has 0 saturated carbocycles. The summed E-state index contributed by atoms with van der Waals surface area (Å²) in [5.41, 5.74) is 1.42. The van der Waals surface area contributed by atoms with Crippen LogP contribution < -0.4 is 5.32 Å². The third-order valence-electron chi connectivity index (χ3n) is 4.42. The first-order valence-corrected chi connectivity index (χ1v) is 9.07. The van der Waals surface area contributed by atoms with Crippen molar-refractivity contribution in [2.45, 2.75) is 13.0 Å². The molecule has 1 aromatic rings. The maximum absolute atomic E-state index is 12.7. The fourth-order valence-corrected chi connectivity index (χ4v) is 3.90. The van der Waals surface area contributed by atoms with Gasteiger partial charge in [0.25, 0.3) is 11.1 Å². The summed E-state index contributed by atoms with van der Waals surface area (Å²) in [6.45, 7) is 2.69. The van der Waals surface area contributed by atoms with Gasteiger partial charge in [-0.2, -0.15) is 0 Å². The SMILES string of the molecule is CNCC1CCN(C(=O)c2cccc(CN3C(=O)CSC3=O)c2)C1. The van der Waals surface area contributed by atoms with Crippen LogP contribution in [-0.4, -0.2) is 59.3 Å². The van der Waals surface area contributed by atoms with Crippen molar-refractivity contribution in [2.24, 2.45) is 5.92 Å². The van der Waals surface area contributed by atoms with Crippen molar-refractivity contribution in [1.82, 2.24) is 15.1 Å². The zero-order chi connectivity index (χ0) is 17.1. The van der Waals surface area contributed by atoms with E-state index in [2.05, 4.69) is 5.32 Å². The molecule has 0 radical (unpaired) electrons. The highest BCUT2D eigenvalue weighted by Gasteiger charge is 2.30. The average Bonchev–Trinajstić information content (AvgIpc) is 3.17. The smallest absolute Gasteiger partial charge is 0.289 e. The van der Waals surface area contributed by atoms with Crippen LogP contribution in [0.4, 0.5) is 4.79 Å². The second-order valence-corrected chi connectivity index (χ2v) is 7.12. The number of carbonyl (C=O) groups excluding carboxylic acids is 3. The summed E-state index contributed by atoms with van der Waals surface area (Å²) in [5, 5.41) is 2.94. The Morgan fingerprint density at radius 2 is 2.21 bits per heavy atom. The lowest BCUT2D eigenvalue weighted by molar-refractivity contribution is -0.125. The molecule has 2 heterocycles. The number of nitrogens with one attached hydrogen (secondary N) is 1. The molecule has 6 nitrogen and oxygen atoms in total. The number of nitrogens with zero attached hydrogens (tertiary/aromatic N) is 2. The average molecular weight is 347 g/mol. The van der Waals surface area contributed by atoms with E-state index in [1.54, 1.807) is 12.1 Å². The van der Waals surface area contributed by atoms with Crippen LogP contribution in [0.15, 0.2) is 24.3 Å². The van der Waals surface area contributed by atoms with E-state index in [1.165, 1.54) is 4.90 Å². The lowest BCUT2D eigenvalue weighted by atomic mass is 10.1. The van der Waals surface area contributed by atoms with Gasteiger partial charge in [-0.15, -0.1) is 0 Å². The minimum Gasteiger partial charge on any atom is -0.338 e.